The van der Waals surface area contributed by atoms with Gasteiger partial charge in [0.2, 0.25) is 0 Å². The van der Waals surface area contributed by atoms with Crippen LogP contribution in [0.1, 0.15) is 35.7 Å². The Morgan fingerprint density at radius 2 is 1.94 bits per heavy atom. The van der Waals surface area contributed by atoms with E-state index in [1.54, 1.807) is 29.0 Å². The van der Waals surface area contributed by atoms with Crippen molar-refractivity contribution in [1.29, 1.82) is 0 Å². The average molecular weight is 426 g/mol. The fourth-order valence-corrected chi connectivity index (χ4v) is 4.33. The van der Waals surface area contributed by atoms with Gasteiger partial charge < -0.3 is 14.5 Å². The summed E-state index contributed by atoms with van der Waals surface area (Å²) in [4.78, 5) is 30.6. The van der Waals surface area contributed by atoms with E-state index in [4.69, 9.17) is 4.74 Å². The number of hydrogen-bond acceptors (Lipinski definition) is 5. The Kier molecular flexibility index (Phi) is 6.11. The molecule has 1 saturated heterocycles. The van der Waals surface area contributed by atoms with Crippen molar-refractivity contribution in [2.24, 2.45) is 0 Å². The van der Waals surface area contributed by atoms with Gasteiger partial charge in [0.1, 0.15) is 12.3 Å². The van der Waals surface area contributed by atoms with E-state index in [0.717, 1.165) is 48.3 Å². The predicted octanol–water partition coefficient (Wildman–Crippen LogP) is 2.49. The molecule has 8 heteroatoms. The Morgan fingerprint density at radius 1 is 1.19 bits per heavy atom. The molecule has 2 aromatic carbocycles. The zero-order valence-corrected chi connectivity index (χ0v) is 18.0. The van der Waals surface area contributed by atoms with Crippen molar-refractivity contribution in [1.82, 2.24) is 4.90 Å². The molecule has 31 heavy (non-hydrogen) atoms. The summed E-state index contributed by atoms with van der Waals surface area (Å²) in [5, 5.41) is 9.80. The summed E-state index contributed by atoms with van der Waals surface area (Å²) in [7, 11) is 1.76. The molecule has 8 nitrogen and oxygen atoms in total. The van der Waals surface area contributed by atoms with Crippen LogP contribution >= 0.6 is 0 Å². The molecule has 3 N–H and O–H groups in total. The maximum atomic E-state index is 12.5. The molecule has 0 bridgehead atoms. The number of nitrogens with zero attached hydrogens (tertiary/aromatic N) is 3. The van der Waals surface area contributed by atoms with E-state index in [1.807, 2.05) is 37.3 Å². The van der Waals surface area contributed by atoms with Gasteiger partial charge in [-0.05, 0) is 38.0 Å². The molecule has 0 saturated carbocycles. The standard InChI is InChI=1S/C23H28N4O4/c1-3-25(2)22(28)16-8-9-21(19(14-16)24-30)26-12-10-18(11-13-26)27-20-7-5-4-6-17(20)15-31-23(27)29/h4-9,14,18,24,30H,3,10-13,15H2,1-2H3/p+1. The van der Waals surface area contributed by atoms with Crippen molar-refractivity contribution >= 4 is 29.1 Å². The van der Waals surface area contributed by atoms with Crippen LogP contribution in [0.4, 0.5) is 21.9 Å². The van der Waals surface area contributed by atoms with Crippen LogP contribution in [0.5, 0.6) is 0 Å². The number of rotatable bonds is 5. The first-order valence-corrected chi connectivity index (χ1v) is 10.7. The molecule has 2 amide bonds. The van der Waals surface area contributed by atoms with Gasteiger partial charge in [-0.25, -0.2) is 10.0 Å². The highest BCUT2D eigenvalue weighted by Gasteiger charge is 2.34. The average Bonchev–Trinajstić information content (AvgIpc) is 2.82. The molecular formula is C23H29N4O4+. The highest BCUT2D eigenvalue weighted by atomic mass is 16.6. The summed E-state index contributed by atoms with van der Waals surface area (Å²) < 4.78 is 5.38. The van der Waals surface area contributed by atoms with Gasteiger partial charge >= 0.3 is 6.09 Å². The van der Waals surface area contributed by atoms with Gasteiger partial charge in [0.15, 0.2) is 5.69 Å². The van der Waals surface area contributed by atoms with Gasteiger partial charge in [0.25, 0.3) is 5.91 Å². The molecule has 2 aliphatic heterocycles. The molecule has 4 rings (SSSR count). The molecule has 0 unspecified atom stereocenters. The molecule has 2 heterocycles. The summed E-state index contributed by atoms with van der Waals surface area (Å²) in [6.45, 7) is 4.33. The lowest BCUT2D eigenvalue weighted by molar-refractivity contribution is -0.825. The SMILES string of the molecule is CCN(C)C(=O)c1ccc(N2CCC(N3C(=O)OCc4ccccc43)CC2)c([NH2+]O)c1. The summed E-state index contributed by atoms with van der Waals surface area (Å²) in [5.41, 5.74) is 5.08. The van der Waals surface area contributed by atoms with Gasteiger partial charge in [0, 0.05) is 49.9 Å². The van der Waals surface area contributed by atoms with E-state index in [0.29, 0.717) is 24.4 Å². The van der Waals surface area contributed by atoms with Gasteiger partial charge in [-0.2, -0.15) is 5.48 Å². The van der Waals surface area contributed by atoms with Crippen LogP contribution in [0.15, 0.2) is 42.5 Å². The van der Waals surface area contributed by atoms with Crippen LogP contribution < -0.4 is 15.3 Å². The largest absolute Gasteiger partial charge is 0.444 e. The molecule has 0 aromatic heterocycles. The number of nitrogens with two attached hydrogens (primary N) is 1. The van der Waals surface area contributed by atoms with E-state index in [1.165, 1.54) is 0 Å². The summed E-state index contributed by atoms with van der Waals surface area (Å²) >= 11 is 0. The second kappa shape index (κ2) is 8.95. The number of anilines is 2. The maximum absolute atomic E-state index is 12.5. The van der Waals surface area contributed by atoms with Crippen molar-refractivity contribution < 1.29 is 25.0 Å². The Morgan fingerprint density at radius 3 is 2.65 bits per heavy atom. The molecule has 2 aromatic rings. The van der Waals surface area contributed by atoms with E-state index in [2.05, 4.69) is 4.90 Å². The van der Waals surface area contributed by atoms with Crippen molar-refractivity contribution in [2.75, 3.05) is 36.5 Å². The van der Waals surface area contributed by atoms with Crippen LogP contribution in [0.25, 0.3) is 0 Å². The van der Waals surface area contributed by atoms with E-state index < -0.39 is 0 Å². The van der Waals surface area contributed by atoms with Crippen LogP contribution in [0.2, 0.25) is 0 Å². The summed E-state index contributed by atoms with van der Waals surface area (Å²) in [5.74, 6) is -0.0712. The monoisotopic (exact) mass is 425 g/mol. The molecule has 0 atom stereocenters. The quantitative estimate of drug-likeness (QED) is 0.568. The smallest absolute Gasteiger partial charge is 0.414 e. The Bertz CT molecular complexity index is 972. The third-order valence-corrected chi connectivity index (χ3v) is 6.20. The highest BCUT2D eigenvalue weighted by Crippen LogP contribution is 2.33. The molecule has 2 aliphatic rings. The van der Waals surface area contributed by atoms with Crippen molar-refractivity contribution in [3.05, 3.63) is 53.6 Å². The fraction of sp³-hybridized carbons (Fsp3) is 0.391. The molecule has 0 spiro atoms. The number of amides is 2. The van der Waals surface area contributed by atoms with Crippen LogP contribution in [0, 0.1) is 0 Å². The van der Waals surface area contributed by atoms with Crippen LogP contribution in [0.3, 0.4) is 0 Å². The third kappa shape index (κ3) is 4.08. The predicted molar refractivity (Wildman–Crippen MR) is 117 cm³/mol. The molecule has 0 aliphatic carbocycles. The van der Waals surface area contributed by atoms with E-state index >= 15 is 0 Å². The lowest BCUT2D eigenvalue weighted by Crippen LogP contribution is -2.74. The number of para-hydroxylation sites is 1. The first-order chi connectivity index (χ1) is 15.0. The summed E-state index contributed by atoms with van der Waals surface area (Å²) in [6.07, 6.45) is 1.28. The second-order valence-electron chi connectivity index (χ2n) is 7.99. The fourth-order valence-electron chi connectivity index (χ4n) is 4.33. The van der Waals surface area contributed by atoms with Gasteiger partial charge in [0.05, 0.1) is 5.69 Å². The minimum absolute atomic E-state index is 0.0609. The zero-order valence-electron chi connectivity index (χ0n) is 18.0. The number of fused-ring (bicyclic) bond motifs is 1. The Labute approximate surface area is 182 Å². The molecular weight excluding hydrogens is 396 g/mol. The third-order valence-electron chi connectivity index (χ3n) is 6.20. The first kappa shape index (κ1) is 21.1. The number of carbonyl (C=O) groups is 2. The van der Waals surface area contributed by atoms with E-state index in [9.17, 15) is 14.8 Å². The lowest BCUT2D eigenvalue weighted by Gasteiger charge is -2.40. The normalized spacial score (nSPS) is 16.7. The van der Waals surface area contributed by atoms with Crippen LogP contribution in [-0.2, 0) is 11.3 Å². The number of hydrogen-bond donors (Lipinski definition) is 2. The minimum atomic E-state index is -0.288. The number of ether oxygens (including phenoxy) is 1. The molecule has 0 radical (unpaired) electrons. The Hall–Kier alpha value is -3.10. The Balaban J connectivity index is 1.49. The maximum Gasteiger partial charge on any atom is 0.414 e. The van der Waals surface area contributed by atoms with Crippen molar-refractivity contribution in [2.45, 2.75) is 32.4 Å². The number of cyclic esters (lactones) is 1. The molecule has 164 valence electrons. The topological polar surface area (TPSA) is 89.9 Å². The first-order valence-electron chi connectivity index (χ1n) is 10.7. The van der Waals surface area contributed by atoms with Gasteiger partial charge in [-0.3, -0.25) is 9.69 Å². The number of quaternary nitrogens is 1. The van der Waals surface area contributed by atoms with Crippen molar-refractivity contribution in [3.8, 4) is 0 Å². The minimum Gasteiger partial charge on any atom is -0.444 e. The second-order valence-corrected chi connectivity index (χ2v) is 7.99. The summed E-state index contributed by atoms with van der Waals surface area (Å²) in [6, 6.07) is 13.4. The van der Waals surface area contributed by atoms with Crippen LogP contribution in [-0.4, -0.2) is 54.8 Å². The van der Waals surface area contributed by atoms with Crippen molar-refractivity contribution in [3.63, 3.8) is 0 Å². The van der Waals surface area contributed by atoms with E-state index in [-0.39, 0.29) is 18.0 Å². The number of carbonyl (C=O) groups excluding carboxylic acids is 2. The zero-order chi connectivity index (χ0) is 22.0. The lowest BCUT2D eigenvalue weighted by atomic mass is 9.99. The molecule has 1 fully saturated rings. The number of piperidine rings is 1. The van der Waals surface area contributed by atoms with Gasteiger partial charge in [-0.15, -0.1) is 0 Å². The highest BCUT2D eigenvalue weighted by molar-refractivity contribution is 5.95. The van der Waals surface area contributed by atoms with Gasteiger partial charge in [-0.1, -0.05) is 18.2 Å². The number of benzene rings is 2.